The first-order chi connectivity index (χ1) is 12.6. The summed E-state index contributed by atoms with van der Waals surface area (Å²) < 4.78 is 23.3. The number of ether oxygens (including phenoxy) is 1. The summed E-state index contributed by atoms with van der Waals surface area (Å²) in [7, 11) is 0. The van der Waals surface area contributed by atoms with E-state index in [1.807, 2.05) is 30.3 Å². The zero-order valence-electron chi connectivity index (χ0n) is 13.7. The van der Waals surface area contributed by atoms with Crippen LogP contribution in [0.3, 0.4) is 0 Å². The van der Waals surface area contributed by atoms with Gasteiger partial charge in [0, 0.05) is 17.5 Å². The molecule has 3 aromatic rings. The smallest absolute Gasteiger partial charge is 0.306 e. The highest BCUT2D eigenvalue weighted by Crippen LogP contribution is 2.17. The summed E-state index contributed by atoms with van der Waals surface area (Å²) in [6, 6.07) is 14.4. The molecule has 0 bridgehead atoms. The first kappa shape index (κ1) is 17.5. The third kappa shape index (κ3) is 4.60. The molecule has 0 aliphatic rings. The highest BCUT2D eigenvalue weighted by molar-refractivity contribution is 5.97. The van der Waals surface area contributed by atoms with E-state index in [0.717, 1.165) is 5.56 Å². The van der Waals surface area contributed by atoms with Crippen LogP contribution in [0.15, 0.2) is 59.0 Å². The van der Waals surface area contributed by atoms with Gasteiger partial charge in [-0.3, -0.25) is 9.59 Å². The molecule has 3 rings (SSSR count). The number of hydrogen-bond donors (Lipinski definition) is 0. The number of ketones is 1. The number of halogens is 1. The fraction of sp³-hybridized carbons (Fsp3) is 0.158. The summed E-state index contributed by atoms with van der Waals surface area (Å²) in [6.45, 7) is -0.163. The maximum atomic E-state index is 12.8. The lowest BCUT2D eigenvalue weighted by Gasteiger charge is -2.02. The van der Waals surface area contributed by atoms with Gasteiger partial charge in [0.25, 0.3) is 5.89 Å². The van der Waals surface area contributed by atoms with Crippen molar-refractivity contribution in [2.75, 3.05) is 0 Å². The molecule has 0 aliphatic heterocycles. The second-order valence-electron chi connectivity index (χ2n) is 5.46. The Morgan fingerprint density at radius 1 is 0.962 bits per heavy atom. The quantitative estimate of drug-likeness (QED) is 0.476. The van der Waals surface area contributed by atoms with Crippen LogP contribution < -0.4 is 0 Å². The van der Waals surface area contributed by atoms with E-state index in [0.29, 0.717) is 11.5 Å². The molecule has 0 saturated heterocycles. The Morgan fingerprint density at radius 2 is 1.69 bits per heavy atom. The molecule has 0 amide bonds. The van der Waals surface area contributed by atoms with Crippen LogP contribution in [0.2, 0.25) is 0 Å². The molecule has 0 aliphatic carbocycles. The Balaban J connectivity index is 1.46. The van der Waals surface area contributed by atoms with E-state index in [9.17, 15) is 14.0 Å². The van der Waals surface area contributed by atoms with E-state index >= 15 is 0 Å². The van der Waals surface area contributed by atoms with Crippen LogP contribution in [-0.4, -0.2) is 21.9 Å². The number of hydrogen-bond acceptors (Lipinski definition) is 6. The van der Waals surface area contributed by atoms with Crippen LogP contribution in [-0.2, 0) is 16.1 Å². The highest BCUT2D eigenvalue weighted by Gasteiger charge is 2.13. The van der Waals surface area contributed by atoms with Gasteiger partial charge in [0.2, 0.25) is 5.89 Å². The van der Waals surface area contributed by atoms with E-state index in [1.165, 1.54) is 24.3 Å². The van der Waals surface area contributed by atoms with Gasteiger partial charge in [-0.25, -0.2) is 4.39 Å². The Hall–Kier alpha value is -3.35. The Morgan fingerprint density at radius 3 is 2.42 bits per heavy atom. The summed E-state index contributed by atoms with van der Waals surface area (Å²) in [4.78, 5) is 23.7. The second kappa shape index (κ2) is 8.15. The van der Waals surface area contributed by atoms with E-state index in [1.54, 1.807) is 0 Å². The number of rotatable bonds is 7. The van der Waals surface area contributed by atoms with Crippen LogP contribution in [0.25, 0.3) is 11.5 Å². The highest BCUT2D eigenvalue weighted by atomic mass is 19.1. The average Bonchev–Trinajstić information content (AvgIpc) is 3.15. The van der Waals surface area contributed by atoms with E-state index < -0.39 is 11.8 Å². The molecule has 0 atom stereocenters. The summed E-state index contributed by atoms with van der Waals surface area (Å²) >= 11 is 0. The third-order valence-corrected chi connectivity index (χ3v) is 3.57. The molecule has 0 radical (unpaired) electrons. The standard InChI is InChI=1S/C19H15FN2O4/c20-15-8-6-13(7-9-15)16(23)10-11-18(24)25-12-17-21-22-19(26-17)14-4-2-1-3-5-14/h1-9H,10-12H2. The molecule has 132 valence electrons. The van der Waals surface area contributed by atoms with Crippen molar-refractivity contribution in [3.63, 3.8) is 0 Å². The molecule has 0 saturated carbocycles. The van der Waals surface area contributed by atoms with Gasteiger partial charge >= 0.3 is 5.97 Å². The van der Waals surface area contributed by atoms with Crippen LogP contribution in [0.4, 0.5) is 4.39 Å². The van der Waals surface area contributed by atoms with Crippen molar-refractivity contribution in [2.24, 2.45) is 0 Å². The van der Waals surface area contributed by atoms with Crippen LogP contribution in [0, 0.1) is 5.82 Å². The molecule has 0 fully saturated rings. The monoisotopic (exact) mass is 354 g/mol. The van der Waals surface area contributed by atoms with E-state index in [2.05, 4.69) is 10.2 Å². The normalized spacial score (nSPS) is 10.5. The van der Waals surface area contributed by atoms with Crippen LogP contribution in [0.5, 0.6) is 0 Å². The van der Waals surface area contributed by atoms with Gasteiger partial charge in [0.05, 0.1) is 6.42 Å². The second-order valence-corrected chi connectivity index (χ2v) is 5.46. The molecule has 6 nitrogen and oxygen atoms in total. The van der Waals surface area contributed by atoms with Crippen LogP contribution >= 0.6 is 0 Å². The van der Waals surface area contributed by atoms with Gasteiger partial charge in [-0.1, -0.05) is 18.2 Å². The minimum Gasteiger partial charge on any atom is -0.456 e. The molecular formula is C19H15FN2O4. The van der Waals surface area contributed by atoms with Crippen molar-refractivity contribution >= 4 is 11.8 Å². The molecule has 2 aromatic carbocycles. The number of carbonyl (C=O) groups is 2. The lowest BCUT2D eigenvalue weighted by molar-refractivity contribution is -0.145. The molecule has 0 N–H and O–H groups in total. The minimum absolute atomic E-state index is 0.0242. The molecule has 7 heteroatoms. The lowest BCUT2D eigenvalue weighted by atomic mass is 10.1. The van der Waals surface area contributed by atoms with Gasteiger partial charge < -0.3 is 9.15 Å². The van der Waals surface area contributed by atoms with Crippen molar-refractivity contribution in [3.05, 3.63) is 71.9 Å². The summed E-state index contributed by atoms with van der Waals surface area (Å²) in [6.07, 6.45) is -0.112. The fourth-order valence-corrected chi connectivity index (χ4v) is 2.22. The predicted octanol–water partition coefficient (Wildman–Crippen LogP) is 3.58. The zero-order valence-corrected chi connectivity index (χ0v) is 13.7. The SMILES string of the molecule is O=C(CCC(=O)c1ccc(F)cc1)OCc1nnc(-c2ccccc2)o1. The zero-order chi connectivity index (χ0) is 18.4. The Bertz CT molecular complexity index is 891. The molecular weight excluding hydrogens is 339 g/mol. The van der Waals surface area contributed by atoms with Gasteiger partial charge in [0.1, 0.15) is 5.82 Å². The van der Waals surface area contributed by atoms with Crippen molar-refractivity contribution in [3.8, 4) is 11.5 Å². The van der Waals surface area contributed by atoms with Crippen LogP contribution in [0.1, 0.15) is 29.1 Å². The number of aromatic nitrogens is 2. The minimum atomic E-state index is -0.556. The van der Waals surface area contributed by atoms with Crippen molar-refractivity contribution < 1.29 is 23.1 Å². The van der Waals surface area contributed by atoms with Crippen molar-refractivity contribution in [1.29, 1.82) is 0 Å². The summed E-state index contributed by atoms with van der Waals surface area (Å²) in [5.74, 6) is -0.730. The fourth-order valence-electron chi connectivity index (χ4n) is 2.22. The first-order valence-electron chi connectivity index (χ1n) is 7.94. The lowest BCUT2D eigenvalue weighted by Crippen LogP contribution is -2.08. The maximum Gasteiger partial charge on any atom is 0.306 e. The third-order valence-electron chi connectivity index (χ3n) is 3.57. The van der Waals surface area contributed by atoms with Crippen molar-refractivity contribution in [1.82, 2.24) is 10.2 Å². The van der Waals surface area contributed by atoms with Gasteiger partial charge in [-0.05, 0) is 36.4 Å². The summed E-state index contributed by atoms with van der Waals surface area (Å²) in [5, 5.41) is 7.71. The van der Waals surface area contributed by atoms with Gasteiger partial charge in [-0.2, -0.15) is 0 Å². The largest absolute Gasteiger partial charge is 0.456 e. The van der Waals surface area contributed by atoms with E-state index in [4.69, 9.17) is 9.15 Å². The number of nitrogens with zero attached hydrogens (tertiary/aromatic N) is 2. The number of esters is 1. The first-order valence-corrected chi connectivity index (χ1v) is 7.94. The average molecular weight is 354 g/mol. The molecule has 26 heavy (non-hydrogen) atoms. The molecule has 1 heterocycles. The molecule has 0 unspecified atom stereocenters. The number of Topliss-reactive ketones (excluding diaryl/α,β-unsaturated/α-hetero) is 1. The van der Waals surface area contributed by atoms with Crippen molar-refractivity contribution in [2.45, 2.75) is 19.4 Å². The Labute approximate surface area is 148 Å². The van der Waals surface area contributed by atoms with Gasteiger partial charge in [0.15, 0.2) is 12.4 Å². The molecule has 1 aromatic heterocycles. The topological polar surface area (TPSA) is 82.3 Å². The van der Waals surface area contributed by atoms with Gasteiger partial charge in [-0.15, -0.1) is 10.2 Å². The number of carbonyl (C=O) groups excluding carboxylic acids is 2. The Kier molecular flexibility index (Phi) is 5.48. The molecule has 0 spiro atoms. The maximum absolute atomic E-state index is 12.8. The predicted molar refractivity (Wildman–Crippen MR) is 89.5 cm³/mol. The van der Waals surface area contributed by atoms with E-state index in [-0.39, 0.29) is 31.1 Å². The number of benzene rings is 2. The summed E-state index contributed by atoms with van der Waals surface area (Å²) in [5.41, 5.74) is 1.12.